The Hall–Kier alpha value is -3.30. The Kier molecular flexibility index (Phi) is 8.24. The van der Waals surface area contributed by atoms with Crippen LogP contribution in [-0.4, -0.2) is 57.0 Å². The van der Waals surface area contributed by atoms with E-state index in [-0.39, 0.29) is 29.9 Å². The van der Waals surface area contributed by atoms with Gasteiger partial charge in [0.1, 0.15) is 5.60 Å². The summed E-state index contributed by atoms with van der Waals surface area (Å²) >= 11 is 0. The molecule has 0 unspecified atom stereocenters. The maximum atomic E-state index is 12.1. The van der Waals surface area contributed by atoms with Gasteiger partial charge in [0.05, 0.1) is 31.0 Å². The highest BCUT2D eigenvalue weighted by Crippen LogP contribution is 2.19. The number of urea groups is 1. The molecule has 0 atom stereocenters. The minimum Gasteiger partial charge on any atom is -0.465 e. The number of hydrogen-bond acceptors (Lipinski definition) is 7. The lowest BCUT2D eigenvalue weighted by Crippen LogP contribution is -2.39. The van der Waals surface area contributed by atoms with Crippen molar-refractivity contribution >= 4 is 29.8 Å². The maximum Gasteiger partial charge on any atom is 0.407 e. The van der Waals surface area contributed by atoms with Crippen LogP contribution in [0.2, 0.25) is 0 Å². The Bertz CT molecular complexity index is 741. The molecule has 0 heterocycles. The molecule has 0 aliphatic carbocycles. The first-order valence-electron chi connectivity index (χ1n) is 8.39. The molecule has 1 aromatic rings. The minimum absolute atomic E-state index is 0.0668. The van der Waals surface area contributed by atoms with E-state index in [4.69, 9.17) is 4.74 Å². The first kappa shape index (κ1) is 22.7. The number of benzene rings is 1. The SMILES string of the molecule is COC(=O)c1ccc(C(=O)OC)c(NC(=O)NCCNC(=O)OC(C)(C)C)c1. The summed E-state index contributed by atoms with van der Waals surface area (Å²) in [7, 11) is 2.41. The third-order valence-electron chi connectivity index (χ3n) is 3.17. The van der Waals surface area contributed by atoms with Gasteiger partial charge in [0, 0.05) is 13.1 Å². The van der Waals surface area contributed by atoms with E-state index in [1.54, 1.807) is 20.8 Å². The standard InChI is InChI=1S/C18H25N3O7/c1-18(2,3)28-17(25)20-9-8-19-16(24)21-13-10-11(14(22)26-4)6-7-12(13)15(23)27-5/h6-7,10H,8-9H2,1-5H3,(H,20,25)(H2,19,21,24). The molecule has 10 nitrogen and oxygen atoms in total. The molecule has 0 aliphatic heterocycles. The van der Waals surface area contributed by atoms with E-state index < -0.39 is 29.7 Å². The number of anilines is 1. The number of carbonyl (C=O) groups is 4. The Labute approximate surface area is 162 Å². The first-order chi connectivity index (χ1) is 13.1. The maximum absolute atomic E-state index is 12.1. The summed E-state index contributed by atoms with van der Waals surface area (Å²) in [4.78, 5) is 47.1. The van der Waals surface area contributed by atoms with Crippen LogP contribution in [0, 0.1) is 0 Å². The molecule has 0 saturated carbocycles. The second kappa shape index (κ2) is 10.1. The van der Waals surface area contributed by atoms with Gasteiger partial charge in [0.25, 0.3) is 0 Å². The van der Waals surface area contributed by atoms with Crippen molar-refractivity contribution in [2.45, 2.75) is 26.4 Å². The number of esters is 2. The van der Waals surface area contributed by atoms with Crippen LogP contribution in [0.25, 0.3) is 0 Å². The lowest BCUT2D eigenvalue weighted by atomic mass is 10.1. The van der Waals surface area contributed by atoms with Gasteiger partial charge in [-0.05, 0) is 39.0 Å². The summed E-state index contributed by atoms with van der Waals surface area (Å²) in [6.07, 6.45) is -0.603. The van der Waals surface area contributed by atoms with Crippen molar-refractivity contribution in [3.05, 3.63) is 29.3 Å². The highest BCUT2D eigenvalue weighted by atomic mass is 16.6. The lowest BCUT2D eigenvalue weighted by molar-refractivity contribution is 0.0526. The number of methoxy groups -OCH3 is 2. The molecule has 28 heavy (non-hydrogen) atoms. The summed E-state index contributed by atoms with van der Waals surface area (Å²) < 4.78 is 14.4. The average molecular weight is 395 g/mol. The number of amides is 3. The van der Waals surface area contributed by atoms with Crippen LogP contribution in [0.1, 0.15) is 41.5 Å². The molecule has 154 valence electrons. The quantitative estimate of drug-likeness (QED) is 0.381. The predicted octanol–water partition coefficient (Wildman–Crippen LogP) is 1.91. The molecule has 1 aromatic carbocycles. The molecule has 0 aliphatic rings. The fourth-order valence-corrected chi connectivity index (χ4v) is 2.00. The molecule has 3 amide bonds. The van der Waals surface area contributed by atoms with Crippen LogP contribution >= 0.6 is 0 Å². The van der Waals surface area contributed by atoms with Gasteiger partial charge in [-0.2, -0.15) is 0 Å². The van der Waals surface area contributed by atoms with Crippen molar-refractivity contribution in [2.75, 3.05) is 32.6 Å². The van der Waals surface area contributed by atoms with Crippen LogP contribution < -0.4 is 16.0 Å². The Morgan fingerprint density at radius 3 is 2.11 bits per heavy atom. The van der Waals surface area contributed by atoms with Crippen molar-refractivity contribution in [2.24, 2.45) is 0 Å². The molecular formula is C18H25N3O7. The smallest absolute Gasteiger partial charge is 0.407 e. The van der Waals surface area contributed by atoms with Crippen LogP contribution in [0.15, 0.2) is 18.2 Å². The number of nitrogens with one attached hydrogen (secondary N) is 3. The summed E-state index contributed by atoms with van der Waals surface area (Å²) in [5, 5.41) is 7.47. The van der Waals surface area contributed by atoms with E-state index in [1.807, 2.05) is 0 Å². The van der Waals surface area contributed by atoms with Crippen molar-refractivity contribution in [1.82, 2.24) is 10.6 Å². The summed E-state index contributed by atoms with van der Waals surface area (Å²) in [6.45, 7) is 5.45. The molecule has 0 radical (unpaired) electrons. The second-order valence-electron chi connectivity index (χ2n) is 6.55. The third-order valence-corrected chi connectivity index (χ3v) is 3.17. The molecule has 0 saturated heterocycles. The molecular weight excluding hydrogens is 370 g/mol. The average Bonchev–Trinajstić information content (AvgIpc) is 2.62. The molecule has 0 aromatic heterocycles. The first-order valence-corrected chi connectivity index (χ1v) is 8.39. The summed E-state index contributed by atoms with van der Waals surface area (Å²) in [5.41, 5.74) is -0.328. The number of rotatable bonds is 6. The number of carbonyl (C=O) groups excluding carboxylic acids is 4. The molecule has 3 N–H and O–H groups in total. The highest BCUT2D eigenvalue weighted by Gasteiger charge is 2.18. The van der Waals surface area contributed by atoms with E-state index in [0.717, 1.165) is 0 Å². The summed E-state index contributed by atoms with van der Waals surface area (Å²) in [6, 6.07) is 3.39. The van der Waals surface area contributed by atoms with Gasteiger partial charge in [-0.25, -0.2) is 19.2 Å². The lowest BCUT2D eigenvalue weighted by Gasteiger charge is -2.19. The molecule has 1 rings (SSSR count). The molecule has 10 heteroatoms. The van der Waals surface area contributed by atoms with Gasteiger partial charge >= 0.3 is 24.1 Å². The van der Waals surface area contributed by atoms with Gasteiger partial charge in [-0.3, -0.25) is 0 Å². The van der Waals surface area contributed by atoms with E-state index in [1.165, 1.54) is 32.4 Å². The monoisotopic (exact) mass is 395 g/mol. The van der Waals surface area contributed by atoms with Gasteiger partial charge in [-0.15, -0.1) is 0 Å². The van der Waals surface area contributed by atoms with E-state index >= 15 is 0 Å². The Morgan fingerprint density at radius 1 is 0.929 bits per heavy atom. The molecule has 0 fully saturated rings. The fourth-order valence-electron chi connectivity index (χ4n) is 2.00. The molecule has 0 spiro atoms. The molecule has 0 bridgehead atoms. The summed E-state index contributed by atoms with van der Waals surface area (Å²) in [5.74, 6) is -1.31. The fraction of sp³-hybridized carbons (Fsp3) is 0.444. The van der Waals surface area contributed by atoms with Crippen LogP contribution in [0.4, 0.5) is 15.3 Å². The van der Waals surface area contributed by atoms with Crippen molar-refractivity contribution < 1.29 is 33.4 Å². The van der Waals surface area contributed by atoms with Gasteiger partial charge in [0.15, 0.2) is 0 Å². The van der Waals surface area contributed by atoms with Crippen LogP contribution in [0.3, 0.4) is 0 Å². The number of alkyl carbamates (subject to hydrolysis) is 1. The van der Waals surface area contributed by atoms with E-state index in [0.29, 0.717) is 0 Å². The van der Waals surface area contributed by atoms with E-state index in [9.17, 15) is 19.2 Å². The van der Waals surface area contributed by atoms with Gasteiger partial charge in [0.2, 0.25) is 0 Å². The zero-order valence-electron chi connectivity index (χ0n) is 16.5. The third kappa shape index (κ3) is 7.52. The second-order valence-corrected chi connectivity index (χ2v) is 6.55. The largest absolute Gasteiger partial charge is 0.465 e. The number of hydrogen-bond donors (Lipinski definition) is 3. The van der Waals surface area contributed by atoms with Gasteiger partial charge in [-0.1, -0.05) is 0 Å². The number of ether oxygens (including phenoxy) is 3. The highest BCUT2D eigenvalue weighted by molar-refractivity contribution is 6.03. The topological polar surface area (TPSA) is 132 Å². The van der Waals surface area contributed by atoms with Crippen molar-refractivity contribution in [1.29, 1.82) is 0 Å². The predicted molar refractivity (Wildman–Crippen MR) is 100 cm³/mol. The normalized spacial score (nSPS) is 10.5. The van der Waals surface area contributed by atoms with Crippen LogP contribution in [-0.2, 0) is 14.2 Å². The van der Waals surface area contributed by atoms with E-state index in [2.05, 4.69) is 25.4 Å². The van der Waals surface area contributed by atoms with Gasteiger partial charge < -0.3 is 30.2 Å². The zero-order chi connectivity index (χ0) is 21.3. The van der Waals surface area contributed by atoms with Crippen molar-refractivity contribution in [3.63, 3.8) is 0 Å². The van der Waals surface area contributed by atoms with Crippen LogP contribution in [0.5, 0.6) is 0 Å². The zero-order valence-corrected chi connectivity index (χ0v) is 16.5. The minimum atomic E-state index is -0.682. The van der Waals surface area contributed by atoms with Crippen molar-refractivity contribution in [3.8, 4) is 0 Å². The Balaban J connectivity index is 2.67. The Morgan fingerprint density at radius 2 is 1.54 bits per heavy atom.